The van der Waals surface area contributed by atoms with Crippen LogP contribution in [0.25, 0.3) is 0 Å². The topological polar surface area (TPSA) is 58.1 Å². The summed E-state index contributed by atoms with van der Waals surface area (Å²) in [4.78, 5) is 14.4. The highest BCUT2D eigenvalue weighted by Crippen LogP contribution is 2.28. The molecule has 1 aliphatic heterocycles. The first-order chi connectivity index (χ1) is 10.6. The molecule has 120 valence electrons. The van der Waals surface area contributed by atoms with Crippen LogP contribution < -0.4 is 10.2 Å². The van der Waals surface area contributed by atoms with Crippen LogP contribution in [0.3, 0.4) is 0 Å². The molecule has 5 nitrogen and oxygen atoms in total. The van der Waals surface area contributed by atoms with E-state index in [1.54, 1.807) is 0 Å². The van der Waals surface area contributed by atoms with Crippen LogP contribution in [-0.4, -0.2) is 35.7 Å². The summed E-state index contributed by atoms with van der Waals surface area (Å²) in [6.07, 6.45) is 4.51. The van der Waals surface area contributed by atoms with Gasteiger partial charge in [0.25, 0.3) is 0 Å². The number of amides is 1. The van der Waals surface area contributed by atoms with Crippen molar-refractivity contribution < 1.29 is 4.79 Å². The number of carbonyl (C=O) groups excluding carboxylic acids is 1. The summed E-state index contributed by atoms with van der Waals surface area (Å²) < 4.78 is 0. The van der Waals surface area contributed by atoms with E-state index in [0.717, 1.165) is 49.9 Å². The second-order valence-electron chi connectivity index (χ2n) is 7.01. The molecule has 2 heterocycles. The molecular weight excluding hydrogens is 276 g/mol. The van der Waals surface area contributed by atoms with Crippen LogP contribution in [0.2, 0.25) is 0 Å². The molecule has 1 aromatic rings. The summed E-state index contributed by atoms with van der Waals surface area (Å²) in [5.41, 5.74) is 0.940. The van der Waals surface area contributed by atoms with Gasteiger partial charge < -0.3 is 10.2 Å². The van der Waals surface area contributed by atoms with Crippen molar-refractivity contribution in [1.29, 1.82) is 0 Å². The van der Waals surface area contributed by atoms with Crippen LogP contribution in [0.4, 0.5) is 5.82 Å². The predicted molar refractivity (Wildman–Crippen MR) is 86.6 cm³/mol. The van der Waals surface area contributed by atoms with Crippen molar-refractivity contribution >= 4 is 11.7 Å². The molecule has 0 radical (unpaired) electrons. The zero-order valence-electron chi connectivity index (χ0n) is 13.6. The molecule has 0 bridgehead atoms. The fourth-order valence-corrected chi connectivity index (χ4v) is 3.36. The van der Waals surface area contributed by atoms with E-state index in [0.29, 0.717) is 5.92 Å². The van der Waals surface area contributed by atoms with Gasteiger partial charge in [-0.3, -0.25) is 4.79 Å². The van der Waals surface area contributed by atoms with Gasteiger partial charge in [0, 0.05) is 31.5 Å². The molecule has 1 saturated heterocycles. The van der Waals surface area contributed by atoms with Crippen LogP contribution >= 0.6 is 0 Å². The van der Waals surface area contributed by atoms with E-state index in [1.165, 1.54) is 12.8 Å². The van der Waals surface area contributed by atoms with Gasteiger partial charge in [0.15, 0.2) is 5.82 Å². The van der Waals surface area contributed by atoms with E-state index < -0.39 is 0 Å². The first-order valence-electron chi connectivity index (χ1n) is 8.45. The van der Waals surface area contributed by atoms with Gasteiger partial charge in [0.1, 0.15) is 0 Å². The monoisotopic (exact) mass is 302 g/mol. The van der Waals surface area contributed by atoms with Crippen LogP contribution in [-0.2, 0) is 4.79 Å². The van der Waals surface area contributed by atoms with E-state index in [4.69, 9.17) is 0 Å². The maximum atomic E-state index is 12.2. The lowest BCUT2D eigenvalue weighted by atomic mass is 9.82. The fourth-order valence-electron chi connectivity index (χ4n) is 3.36. The van der Waals surface area contributed by atoms with Gasteiger partial charge in [-0.25, -0.2) is 0 Å². The van der Waals surface area contributed by atoms with Crippen molar-refractivity contribution in [1.82, 2.24) is 15.5 Å². The summed E-state index contributed by atoms with van der Waals surface area (Å²) in [5.74, 6) is 2.78. The molecule has 1 N–H and O–H groups in total. The van der Waals surface area contributed by atoms with Crippen LogP contribution in [0.1, 0.15) is 38.3 Å². The minimum atomic E-state index is 0.246. The number of nitrogens with one attached hydrogen (secondary N) is 1. The lowest BCUT2D eigenvalue weighted by molar-refractivity contribution is -0.126. The average Bonchev–Trinajstić information content (AvgIpc) is 2.48. The normalized spacial score (nSPS) is 25.6. The van der Waals surface area contributed by atoms with Crippen molar-refractivity contribution in [3.05, 3.63) is 17.8 Å². The Balaban J connectivity index is 1.37. The quantitative estimate of drug-likeness (QED) is 0.926. The third-order valence-corrected chi connectivity index (χ3v) is 5.02. The van der Waals surface area contributed by atoms with Gasteiger partial charge in [-0.1, -0.05) is 6.92 Å². The van der Waals surface area contributed by atoms with Gasteiger partial charge in [0.05, 0.1) is 5.69 Å². The van der Waals surface area contributed by atoms with Gasteiger partial charge in [-0.2, -0.15) is 5.10 Å². The number of nitrogens with zero attached hydrogens (tertiary/aromatic N) is 3. The maximum Gasteiger partial charge on any atom is 0.223 e. The standard InChI is InChI=1S/C17H26N4O/c1-12-3-6-15(7-4-12)17(22)18-9-14-10-21(11-14)16-8-5-13(2)19-20-16/h5,8,12,14-15H,3-4,6-7,9-11H2,1-2H3,(H,18,22). The number of aromatic nitrogens is 2. The van der Waals surface area contributed by atoms with Gasteiger partial charge in [-0.15, -0.1) is 5.10 Å². The zero-order valence-corrected chi connectivity index (χ0v) is 13.6. The number of carbonyl (C=O) groups is 1. The highest BCUT2D eigenvalue weighted by molar-refractivity contribution is 5.78. The number of anilines is 1. The van der Waals surface area contributed by atoms with Crippen LogP contribution in [0, 0.1) is 24.7 Å². The predicted octanol–water partition coefficient (Wildman–Crippen LogP) is 2.16. The van der Waals surface area contributed by atoms with E-state index in [9.17, 15) is 4.79 Å². The third-order valence-electron chi connectivity index (χ3n) is 5.02. The SMILES string of the molecule is Cc1ccc(N2CC(CNC(=O)C3CCC(C)CC3)C2)nn1. The van der Waals surface area contributed by atoms with Gasteiger partial charge in [0.2, 0.25) is 5.91 Å². The van der Waals surface area contributed by atoms with E-state index in [-0.39, 0.29) is 11.8 Å². The molecule has 0 spiro atoms. The average molecular weight is 302 g/mol. The Morgan fingerprint density at radius 2 is 1.95 bits per heavy atom. The molecule has 0 unspecified atom stereocenters. The Morgan fingerprint density at radius 3 is 2.59 bits per heavy atom. The van der Waals surface area contributed by atoms with Crippen molar-refractivity contribution in [2.24, 2.45) is 17.8 Å². The number of hydrogen-bond acceptors (Lipinski definition) is 4. The molecule has 1 amide bonds. The van der Waals surface area contributed by atoms with E-state index in [2.05, 4.69) is 27.3 Å². The zero-order chi connectivity index (χ0) is 15.5. The summed E-state index contributed by atoms with van der Waals surface area (Å²) in [7, 11) is 0. The van der Waals surface area contributed by atoms with E-state index in [1.807, 2.05) is 19.1 Å². The molecule has 1 aromatic heterocycles. The van der Waals surface area contributed by atoms with Crippen LogP contribution in [0.15, 0.2) is 12.1 Å². The number of hydrogen-bond donors (Lipinski definition) is 1. The largest absolute Gasteiger partial charge is 0.355 e. The highest BCUT2D eigenvalue weighted by atomic mass is 16.1. The molecule has 2 aliphatic rings. The molecule has 22 heavy (non-hydrogen) atoms. The molecule has 3 rings (SSSR count). The first kappa shape index (κ1) is 15.3. The summed E-state index contributed by atoms with van der Waals surface area (Å²) in [5, 5.41) is 11.4. The van der Waals surface area contributed by atoms with Gasteiger partial charge >= 0.3 is 0 Å². The molecule has 2 fully saturated rings. The Morgan fingerprint density at radius 1 is 1.23 bits per heavy atom. The smallest absolute Gasteiger partial charge is 0.223 e. The van der Waals surface area contributed by atoms with Crippen molar-refractivity contribution in [3.63, 3.8) is 0 Å². The summed E-state index contributed by atoms with van der Waals surface area (Å²) in [6.45, 7) is 6.93. The molecular formula is C17H26N4O. The minimum absolute atomic E-state index is 0.246. The molecule has 0 aromatic carbocycles. The van der Waals surface area contributed by atoms with Crippen molar-refractivity contribution in [2.75, 3.05) is 24.5 Å². The Bertz CT molecular complexity index is 502. The number of aryl methyl sites for hydroxylation is 1. The lowest BCUT2D eigenvalue weighted by Crippen LogP contribution is -2.52. The highest BCUT2D eigenvalue weighted by Gasteiger charge is 2.30. The second-order valence-corrected chi connectivity index (χ2v) is 7.01. The summed E-state index contributed by atoms with van der Waals surface area (Å²) in [6, 6.07) is 4.00. The number of rotatable bonds is 4. The summed E-state index contributed by atoms with van der Waals surface area (Å²) >= 11 is 0. The van der Waals surface area contributed by atoms with Crippen LogP contribution in [0.5, 0.6) is 0 Å². The Kier molecular flexibility index (Phi) is 4.60. The molecule has 0 atom stereocenters. The fraction of sp³-hybridized carbons (Fsp3) is 0.706. The third kappa shape index (κ3) is 3.57. The Labute approximate surface area is 132 Å². The lowest BCUT2D eigenvalue weighted by Gasteiger charge is -2.40. The molecule has 1 aliphatic carbocycles. The van der Waals surface area contributed by atoms with Crippen molar-refractivity contribution in [2.45, 2.75) is 39.5 Å². The molecule has 1 saturated carbocycles. The van der Waals surface area contributed by atoms with E-state index >= 15 is 0 Å². The minimum Gasteiger partial charge on any atom is -0.355 e. The van der Waals surface area contributed by atoms with Crippen molar-refractivity contribution in [3.8, 4) is 0 Å². The maximum absolute atomic E-state index is 12.2. The first-order valence-corrected chi connectivity index (χ1v) is 8.45. The second kappa shape index (κ2) is 6.63. The Hall–Kier alpha value is -1.65. The van der Waals surface area contributed by atoms with Gasteiger partial charge in [-0.05, 0) is 50.7 Å². The molecule has 5 heteroatoms.